The van der Waals surface area contributed by atoms with Crippen LogP contribution in [0.3, 0.4) is 0 Å². The molecule has 0 aromatic heterocycles. The molecule has 2 rings (SSSR count). The van der Waals surface area contributed by atoms with Gasteiger partial charge in [-0.3, -0.25) is 4.79 Å². The second-order valence-electron chi connectivity index (χ2n) is 6.72. The zero-order valence-electron chi connectivity index (χ0n) is 13.1. The Balaban J connectivity index is 1.70. The third-order valence-corrected chi connectivity index (χ3v) is 4.40. The highest BCUT2D eigenvalue weighted by Crippen LogP contribution is 2.30. The number of rotatable bonds is 7. The van der Waals surface area contributed by atoms with Crippen LogP contribution in [0.5, 0.6) is 0 Å². The maximum absolute atomic E-state index is 11.7. The van der Waals surface area contributed by atoms with Gasteiger partial charge >= 0.3 is 5.97 Å². The molecule has 0 amide bonds. The number of carbonyl (C=O) groups excluding carboxylic acids is 1. The normalized spacial score (nSPS) is 31.9. The average Bonchev–Trinajstić information content (AvgIpc) is 3.19. The lowest BCUT2D eigenvalue weighted by Crippen LogP contribution is -2.40. The minimum atomic E-state index is -0.203. The lowest BCUT2D eigenvalue weighted by molar-refractivity contribution is -0.144. The van der Waals surface area contributed by atoms with Gasteiger partial charge in [0.2, 0.25) is 0 Å². The molecule has 0 aliphatic heterocycles. The summed E-state index contributed by atoms with van der Waals surface area (Å²) >= 11 is 0. The fourth-order valence-electron chi connectivity index (χ4n) is 3.31. The zero-order chi connectivity index (χ0) is 14.5. The predicted octanol–water partition coefficient (Wildman–Crippen LogP) is 2.51. The SMILES string of the molecule is COC(=O)C(CCOC1CC(C)CC(C)C1)NC1CC1. The van der Waals surface area contributed by atoms with Crippen LogP contribution in [0.25, 0.3) is 0 Å². The molecule has 4 nitrogen and oxygen atoms in total. The van der Waals surface area contributed by atoms with Gasteiger partial charge in [-0.25, -0.2) is 0 Å². The highest BCUT2D eigenvalue weighted by Gasteiger charge is 2.29. The van der Waals surface area contributed by atoms with Gasteiger partial charge in [-0.1, -0.05) is 13.8 Å². The molecule has 0 aromatic rings. The number of hydrogen-bond acceptors (Lipinski definition) is 4. The molecule has 3 unspecified atom stereocenters. The summed E-state index contributed by atoms with van der Waals surface area (Å²) in [4.78, 5) is 11.7. The molecule has 116 valence electrons. The van der Waals surface area contributed by atoms with Crippen molar-refractivity contribution in [3.8, 4) is 0 Å². The van der Waals surface area contributed by atoms with Crippen LogP contribution >= 0.6 is 0 Å². The van der Waals surface area contributed by atoms with Crippen LogP contribution in [-0.2, 0) is 14.3 Å². The number of nitrogens with one attached hydrogen (secondary N) is 1. The van der Waals surface area contributed by atoms with Crippen LogP contribution in [-0.4, -0.2) is 37.9 Å². The van der Waals surface area contributed by atoms with Crippen LogP contribution in [0.2, 0.25) is 0 Å². The Morgan fingerprint density at radius 1 is 1.20 bits per heavy atom. The summed E-state index contributed by atoms with van der Waals surface area (Å²) < 4.78 is 10.9. The first-order valence-electron chi connectivity index (χ1n) is 8.04. The Bertz CT molecular complexity index is 307. The second-order valence-corrected chi connectivity index (χ2v) is 6.72. The van der Waals surface area contributed by atoms with Crippen molar-refractivity contribution in [1.29, 1.82) is 0 Å². The monoisotopic (exact) mass is 283 g/mol. The van der Waals surface area contributed by atoms with Crippen molar-refractivity contribution < 1.29 is 14.3 Å². The summed E-state index contributed by atoms with van der Waals surface area (Å²) in [5.41, 5.74) is 0. The van der Waals surface area contributed by atoms with E-state index in [1.54, 1.807) is 0 Å². The van der Waals surface area contributed by atoms with Gasteiger partial charge in [0.1, 0.15) is 6.04 Å². The molecule has 0 saturated heterocycles. The molecule has 0 heterocycles. The Morgan fingerprint density at radius 2 is 1.85 bits per heavy atom. The van der Waals surface area contributed by atoms with E-state index >= 15 is 0 Å². The molecular formula is C16H29NO3. The Morgan fingerprint density at radius 3 is 2.40 bits per heavy atom. The number of carbonyl (C=O) groups is 1. The lowest BCUT2D eigenvalue weighted by atomic mass is 9.82. The molecule has 20 heavy (non-hydrogen) atoms. The van der Waals surface area contributed by atoms with Crippen molar-refractivity contribution in [2.45, 2.75) is 70.6 Å². The van der Waals surface area contributed by atoms with Crippen LogP contribution in [0.1, 0.15) is 52.4 Å². The zero-order valence-corrected chi connectivity index (χ0v) is 13.1. The van der Waals surface area contributed by atoms with Crippen molar-refractivity contribution >= 4 is 5.97 Å². The van der Waals surface area contributed by atoms with E-state index in [1.165, 1.54) is 26.4 Å². The molecule has 4 heteroatoms. The number of ether oxygens (including phenoxy) is 2. The summed E-state index contributed by atoms with van der Waals surface area (Å²) in [6, 6.07) is 0.305. The molecule has 2 saturated carbocycles. The van der Waals surface area contributed by atoms with E-state index in [4.69, 9.17) is 9.47 Å². The molecule has 1 N–H and O–H groups in total. The molecular weight excluding hydrogens is 254 g/mol. The summed E-state index contributed by atoms with van der Waals surface area (Å²) in [5.74, 6) is 1.35. The van der Waals surface area contributed by atoms with Crippen LogP contribution in [0, 0.1) is 11.8 Å². The van der Waals surface area contributed by atoms with Gasteiger partial charge in [-0.05, 0) is 50.4 Å². The number of esters is 1. The van der Waals surface area contributed by atoms with Gasteiger partial charge in [-0.15, -0.1) is 0 Å². The molecule has 3 atom stereocenters. The first kappa shape index (κ1) is 15.8. The molecule has 0 bridgehead atoms. The van der Waals surface area contributed by atoms with Gasteiger partial charge in [0.15, 0.2) is 0 Å². The lowest BCUT2D eigenvalue weighted by Gasteiger charge is -2.31. The highest BCUT2D eigenvalue weighted by molar-refractivity contribution is 5.75. The summed E-state index contributed by atoms with van der Waals surface area (Å²) in [7, 11) is 1.45. The highest BCUT2D eigenvalue weighted by atomic mass is 16.5. The molecule has 0 radical (unpaired) electrons. The van der Waals surface area contributed by atoms with Crippen molar-refractivity contribution in [3.05, 3.63) is 0 Å². The third kappa shape index (κ3) is 5.06. The van der Waals surface area contributed by atoms with Gasteiger partial charge in [0.25, 0.3) is 0 Å². The Labute approximate surface area is 122 Å². The molecule has 0 aromatic carbocycles. The van der Waals surface area contributed by atoms with E-state index in [0.29, 0.717) is 25.2 Å². The maximum Gasteiger partial charge on any atom is 0.322 e. The third-order valence-electron chi connectivity index (χ3n) is 4.40. The molecule has 2 fully saturated rings. The fraction of sp³-hybridized carbons (Fsp3) is 0.938. The van der Waals surface area contributed by atoms with E-state index in [-0.39, 0.29) is 12.0 Å². The van der Waals surface area contributed by atoms with Gasteiger partial charge in [0.05, 0.1) is 13.2 Å². The average molecular weight is 283 g/mol. The maximum atomic E-state index is 11.7. The minimum Gasteiger partial charge on any atom is -0.468 e. The summed E-state index contributed by atoms with van der Waals surface area (Å²) in [6.07, 6.45) is 7.05. The van der Waals surface area contributed by atoms with Crippen molar-refractivity contribution in [1.82, 2.24) is 5.32 Å². The van der Waals surface area contributed by atoms with Gasteiger partial charge < -0.3 is 14.8 Å². The van der Waals surface area contributed by atoms with E-state index in [0.717, 1.165) is 24.7 Å². The quantitative estimate of drug-likeness (QED) is 0.729. The molecule has 0 spiro atoms. The van der Waals surface area contributed by atoms with Gasteiger partial charge in [-0.2, -0.15) is 0 Å². The van der Waals surface area contributed by atoms with E-state index < -0.39 is 0 Å². The topological polar surface area (TPSA) is 47.6 Å². The first-order valence-corrected chi connectivity index (χ1v) is 8.04. The standard InChI is InChI=1S/C16H29NO3/c1-11-8-12(2)10-14(9-11)20-7-6-15(16(18)19-3)17-13-4-5-13/h11-15,17H,4-10H2,1-3H3. The van der Waals surface area contributed by atoms with E-state index in [9.17, 15) is 4.79 Å². The second kappa shape index (κ2) is 7.41. The van der Waals surface area contributed by atoms with Crippen LogP contribution < -0.4 is 5.32 Å². The Hall–Kier alpha value is -0.610. The van der Waals surface area contributed by atoms with Crippen LogP contribution in [0.15, 0.2) is 0 Å². The van der Waals surface area contributed by atoms with Crippen LogP contribution in [0.4, 0.5) is 0 Å². The summed E-state index contributed by atoms with van der Waals surface area (Å²) in [5, 5.41) is 3.34. The number of methoxy groups -OCH3 is 1. The first-order chi connectivity index (χ1) is 9.58. The minimum absolute atomic E-state index is 0.161. The smallest absolute Gasteiger partial charge is 0.322 e. The van der Waals surface area contributed by atoms with Crippen molar-refractivity contribution in [2.24, 2.45) is 11.8 Å². The predicted molar refractivity (Wildman–Crippen MR) is 78.5 cm³/mol. The molecule has 2 aliphatic rings. The molecule has 2 aliphatic carbocycles. The van der Waals surface area contributed by atoms with Gasteiger partial charge in [0, 0.05) is 12.6 Å². The fourth-order valence-corrected chi connectivity index (χ4v) is 3.31. The largest absolute Gasteiger partial charge is 0.468 e. The van der Waals surface area contributed by atoms with E-state index in [1.807, 2.05) is 0 Å². The van der Waals surface area contributed by atoms with Crippen molar-refractivity contribution in [3.63, 3.8) is 0 Å². The summed E-state index contributed by atoms with van der Waals surface area (Å²) in [6.45, 7) is 5.25. The van der Waals surface area contributed by atoms with E-state index in [2.05, 4.69) is 19.2 Å². The van der Waals surface area contributed by atoms with Crippen molar-refractivity contribution in [2.75, 3.05) is 13.7 Å². The Kier molecular flexibility index (Phi) is 5.85. The number of hydrogen-bond donors (Lipinski definition) is 1.